The zero-order chi connectivity index (χ0) is 16.2. The van der Waals surface area contributed by atoms with Gasteiger partial charge in [0.25, 0.3) is 0 Å². The Labute approximate surface area is 123 Å². The summed E-state index contributed by atoms with van der Waals surface area (Å²) in [6, 6.07) is 0.695. The van der Waals surface area contributed by atoms with Gasteiger partial charge < -0.3 is 14.9 Å². The van der Waals surface area contributed by atoms with Crippen molar-refractivity contribution in [3.63, 3.8) is 0 Å². The van der Waals surface area contributed by atoms with Crippen LogP contribution in [0.2, 0.25) is 0 Å². The maximum absolute atomic E-state index is 12.3. The first-order chi connectivity index (χ1) is 9.66. The quantitative estimate of drug-likeness (QED) is 0.765. The Bertz CT molecular complexity index is 554. The van der Waals surface area contributed by atoms with Crippen LogP contribution in [0, 0.1) is 17.2 Å². The minimum absolute atomic E-state index is 0.0234. The van der Waals surface area contributed by atoms with E-state index in [9.17, 15) is 18.0 Å². The minimum atomic E-state index is -3.33. The Morgan fingerprint density at radius 3 is 2.67 bits per heavy atom. The number of rotatable bonds is 4. The highest BCUT2D eigenvalue weighted by atomic mass is 32.2. The lowest BCUT2D eigenvalue weighted by molar-refractivity contribution is -0.138. The van der Waals surface area contributed by atoms with Crippen molar-refractivity contribution >= 4 is 21.8 Å². The number of hydrogen-bond acceptors (Lipinski definition) is 5. The van der Waals surface area contributed by atoms with Crippen LogP contribution in [0.4, 0.5) is 4.79 Å². The van der Waals surface area contributed by atoms with Gasteiger partial charge in [0.05, 0.1) is 36.0 Å². The summed E-state index contributed by atoms with van der Waals surface area (Å²) in [6.07, 6.45) is -0.410. The number of aliphatic carboxylic acids is 1. The molecule has 1 aliphatic rings. The normalized spacial score (nSPS) is 22.1. The van der Waals surface area contributed by atoms with Crippen molar-refractivity contribution in [3.05, 3.63) is 0 Å². The molecule has 1 aliphatic heterocycles. The van der Waals surface area contributed by atoms with E-state index < -0.39 is 34.3 Å². The lowest BCUT2D eigenvalue weighted by atomic mass is 10.2. The van der Waals surface area contributed by atoms with Crippen molar-refractivity contribution in [2.24, 2.45) is 5.92 Å². The summed E-state index contributed by atoms with van der Waals surface area (Å²) in [5.74, 6) is -2.02. The fourth-order valence-corrected chi connectivity index (χ4v) is 3.78. The van der Waals surface area contributed by atoms with E-state index in [4.69, 9.17) is 10.4 Å². The van der Waals surface area contributed by atoms with Gasteiger partial charge in [0.2, 0.25) is 0 Å². The second-order valence-electron chi connectivity index (χ2n) is 5.25. The molecular formula is C12H19N3O5S. The maximum Gasteiger partial charge on any atom is 0.320 e. The molecule has 0 aliphatic carbocycles. The largest absolute Gasteiger partial charge is 0.481 e. The molecule has 0 bridgehead atoms. The maximum atomic E-state index is 12.3. The van der Waals surface area contributed by atoms with E-state index in [1.807, 2.05) is 6.07 Å². The predicted octanol–water partition coefficient (Wildman–Crippen LogP) is -0.228. The molecule has 1 saturated heterocycles. The van der Waals surface area contributed by atoms with Gasteiger partial charge >= 0.3 is 12.0 Å². The molecular weight excluding hydrogens is 298 g/mol. The van der Waals surface area contributed by atoms with Gasteiger partial charge in [-0.15, -0.1) is 0 Å². The fraction of sp³-hybridized carbons (Fsp3) is 0.750. The Morgan fingerprint density at radius 2 is 2.14 bits per heavy atom. The lowest BCUT2D eigenvalue weighted by Crippen LogP contribution is -2.55. The molecule has 1 heterocycles. The van der Waals surface area contributed by atoms with Gasteiger partial charge in [-0.1, -0.05) is 0 Å². The number of nitrogens with zero attached hydrogens (tertiary/aromatic N) is 3. The number of carboxylic acids is 1. The van der Waals surface area contributed by atoms with E-state index in [0.717, 1.165) is 0 Å². The molecule has 0 saturated carbocycles. The molecule has 0 radical (unpaired) electrons. The number of carbonyl (C=O) groups excluding carboxylic acids is 1. The smallest absolute Gasteiger partial charge is 0.320 e. The first kappa shape index (κ1) is 17.2. The first-order valence-corrected chi connectivity index (χ1v) is 8.32. The second kappa shape index (κ2) is 6.76. The third-order valence-corrected chi connectivity index (χ3v) is 4.98. The second-order valence-corrected chi connectivity index (χ2v) is 7.48. The summed E-state index contributed by atoms with van der Waals surface area (Å²) in [4.78, 5) is 25.8. The molecule has 2 unspecified atom stereocenters. The number of carboxylic acid groups (broad SMARTS) is 1. The Balaban J connectivity index is 2.84. The van der Waals surface area contributed by atoms with Crippen LogP contribution in [0.3, 0.4) is 0 Å². The summed E-state index contributed by atoms with van der Waals surface area (Å²) in [5, 5.41) is 17.6. The summed E-state index contributed by atoms with van der Waals surface area (Å²) in [5.41, 5.74) is 0. The van der Waals surface area contributed by atoms with E-state index in [0.29, 0.717) is 0 Å². The van der Waals surface area contributed by atoms with E-state index in [1.54, 1.807) is 6.92 Å². The molecule has 1 rings (SSSR count). The van der Waals surface area contributed by atoms with Crippen molar-refractivity contribution in [2.75, 3.05) is 31.6 Å². The number of amides is 2. The van der Waals surface area contributed by atoms with Crippen LogP contribution in [0.1, 0.15) is 13.3 Å². The van der Waals surface area contributed by atoms with Crippen LogP contribution < -0.4 is 0 Å². The number of urea groups is 1. The van der Waals surface area contributed by atoms with Gasteiger partial charge in [0.15, 0.2) is 9.84 Å². The Hall–Kier alpha value is -1.82. The number of nitriles is 1. The molecule has 9 heteroatoms. The van der Waals surface area contributed by atoms with Crippen LogP contribution in [0.5, 0.6) is 0 Å². The van der Waals surface area contributed by atoms with E-state index in [2.05, 4.69) is 0 Å². The summed E-state index contributed by atoms with van der Waals surface area (Å²) in [6.45, 7) is 1.85. The molecule has 1 fully saturated rings. The van der Waals surface area contributed by atoms with Crippen molar-refractivity contribution in [3.8, 4) is 6.07 Å². The van der Waals surface area contributed by atoms with E-state index in [1.165, 1.54) is 16.8 Å². The first-order valence-electron chi connectivity index (χ1n) is 6.50. The van der Waals surface area contributed by atoms with Crippen LogP contribution in [-0.2, 0) is 14.6 Å². The molecule has 21 heavy (non-hydrogen) atoms. The fourth-order valence-electron chi connectivity index (χ4n) is 2.26. The van der Waals surface area contributed by atoms with Crippen molar-refractivity contribution in [1.29, 1.82) is 5.26 Å². The van der Waals surface area contributed by atoms with Gasteiger partial charge in [0, 0.05) is 20.1 Å². The third kappa shape index (κ3) is 4.90. The van der Waals surface area contributed by atoms with E-state index in [-0.39, 0.29) is 30.5 Å². The highest BCUT2D eigenvalue weighted by molar-refractivity contribution is 7.91. The Morgan fingerprint density at radius 1 is 1.52 bits per heavy atom. The van der Waals surface area contributed by atoms with Crippen molar-refractivity contribution in [1.82, 2.24) is 9.80 Å². The highest BCUT2D eigenvalue weighted by Crippen LogP contribution is 2.17. The zero-order valence-electron chi connectivity index (χ0n) is 12.0. The minimum Gasteiger partial charge on any atom is -0.481 e. The zero-order valence-corrected chi connectivity index (χ0v) is 12.8. The SMILES string of the molecule is CC(C#N)CN(C)C(=O)N1CCS(=O)(=O)CC1CC(=O)O. The molecule has 0 aromatic rings. The summed E-state index contributed by atoms with van der Waals surface area (Å²) in [7, 11) is -1.81. The van der Waals surface area contributed by atoms with Gasteiger partial charge in [0.1, 0.15) is 0 Å². The average Bonchev–Trinajstić information content (AvgIpc) is 2.36. The third-order valence-electron chi connectivity index (χ3n) is 3.28. The topological polar surface area (TPSA) is 119 Å². The lowest BCUT2D eigenvalue weighted by Gasteiger charge is -2.37. The van der Waals surface area contributed by atoms with Crippen LogP contribution in [0.15, 0.2) is 0 Å². The van der Waals surface area contributed by atoms with Gasteiger partial charge in [-0.3, -0.25) is 4.79 Å². The van der Waals surface area contributed by atoms with Crippen LogP contribution in [-0.4, -0.2) is 73.0 Å². The van der Waals surface area contributed by atoms with Gasteiger partial charge in [-0.05, 0) is 6.92 Å². The van der Waals surface area contributed by atoms with E-state index >= 15 is 0 Å². The summed E-state index contributed by atoms with van der Waals surface area (Å²) >= 11 is 0. The number of hydrogen-bond donors (Lipinski definition) is 1. The number of carbonyl (C=O) groups is 2. The molecule has 2 atom stereocenters. The summed E-state index contributed by atoms with van der Waals surface area (Å²) < 4.78 is 23.2. The van der Waals surface area contributed by atoms with Crippen LogP contribution in [0.25, 0.3) is 0 Å². The molecule has 0 spiro atoms. The van der Waals surface area contributed by atoms with Gasteiger partial charge in [-0.25, -0.2) is 13.2 Å². The van der Waals surface area contributed by atoms with Crippen LogP contribution >= 0.6 is 0 Å². The molecule has 118 valence electrons. The van der Waals surface area contributed by atoms with Crippen molar-refractivity contribution in [2.45, 2.75) is 19.4 Å². The van der Waals surface area contributed by atoms with Gasteiger partial charge in [-0.2, -0.15) is 5.26 Å². The van der Waals surface area contributed by atoms with Crippen molar-refractivity contribution < 1.29 is 23.1 Å². The highest BCUT2D eigenvalue weighted by Gasteiger charge is 2.36. The molecule has 8 nitrogen and oxygen atoms in total. The molecule has 0 aromatic carbocycles. The predicted molar refractivity (Wildman–Crippen MR) is 74.2 cm³/mol. The molecule has 1 N–H and O–H groups in total. The standard InChI is InChI=1S/C12H19N3O5S/c1-9(6-13)7-14(2)12(18)15-3-4-21(19,20)8-10(15)5-11(16)17/h9-10H,3-5,7-8H2,1-2H3,(H,16,17). The molecule has 0 aromatic heterocycles. The Kier molecular flexibility index (Phi) is 5.54. The number of sulfone groups is 1. The monoisotopic (exact) mass is 317 g/mol. The molecule has 2 amide bonds. The average molecular weight is 317 g/mol.